The van der Waals surface area contributed by atoms with Gasteiger partial charge in [0.2, 0.25) is 5.60 Å². The first kappa shape index (κ1) is 19.0. The third-order valence-corrected chi connectivity index (χ3v) is 6.18. The normalized spacial score (nSPS) is 27.3. The number of ether oxygens (including phenoxy) is 3. The van der Waals surface area contributed by atoms with Crippen molar-refractivity contribution < 1.29 is 19.0 Å². The zero-order valence-corrected chi connectivity index (χ0v) is 16.6. The fourth-order valence-corrected chi connectivity index (χ4v) is 4.98. The van der Waals surface area contributed by atoms with E-state index < -0.39 is 5.60 Å². The van der Waals surface area contributed by atoms with Crippen LogP contribution in [0.5, 0.6) is 5.75 Å². The highest BCUT2D eigenvalue weighted by molar-refractivity contribution is 5.87. The maximum atomic E-state index is 13.0. The summed E-state index contributed by atoms with van der Waals surface area (Å²) >= 11 is 0. The van der Waals surface area contributed by atoms with Crippen LogP contribution < -0.4 is 4.74 Å². The zero-order chi connectivity index (χ0) is 19.6. The molecule has 148 valence electrons. The van der Waals surface area contributed by atoms with Crippen LogP contribution in [0.25, 0.3) is 0 Å². The van der Waals surface area contributed by atoms with Gasteiger partial charge in [0.05, 0.1) is 13.7 Å². The minimum absolute atomic E-state index is 0.0486. The van der Waals surface area contributed by atoms with E-state index in [1.807, 2.05) is 36.4 Å². The maximum absolute atomic E-state index is 13.0. The molecule has 4 rings (SSSR count). The molecule has 1 fully saturated rings. The van der Waals surface area contributed by atoms with Crippen molar-refractivity contribution in [2.24, 2.45) is 5.92 Å². The second-order valence-corrected chi connectivity index (χ2v) is 7.74. The number of fused-ring (bicyclic) bond motifs is 3. The summed E-state index contributed by atoms with van der Waals surface area (Å²) in [5.41, 5.74) is 1.18. The Kier molecular flexibility index (Phi) is 5.40. The Balaban J connectivity index is 1.68. The van der Waals surface area contributed by atoms with Gasteiger partial charge in [-0.25, -0.2) is 4.79 Å². The van der Waals surface area contributed by atoms with Crippen LogP contribution in [0.3, 0.4) is 0 Å². The van der Waals surface area contributed by atoms with Gasteiger partial charge >= 0.3 is 5.97 Å². The lowest BCUT2D eigenvalue weighted by atomic mass is 9.50. The van der Waals surface area contributed by atoms with Crippen LogP contribution >= 0.6 is 0 Å². The van der Waals surface area contributed by atoms with Gasteiger partial charge in [-0.15, -0.1) is 0 Å². The number of rotatable bonds is 8. The highest BCUT2D eigenvalue weighted by Crippen LogP contribution is 2.67. The highest BCUT2D eigenvalue weighted by atomic mass is 16.6. The van der Waals surface area contributed by atoms with Gasteiger partial charge in [0.1, 0.15) is 5.75 Å². The largest absolute Gasteiger partial charge is 0.474 e. The SMILES string of the molecule is CCCCCOC[C@@H]1[C@@H](c2ccccc2)[C@@]2(C(=O)OC)Oc3ccccc3[C@@H]12. The lowest BCUT2D eigenvalue weighted by molar-refractivity contribution is -0.182. The molecule has 0 saturated heterocycles. The van der Waals surface area contributed by atoms with E-state index in [9.17, 15) is 4.79 Å². The van der Waals surface area contributed by atoms with E-state index in [1.165, 1.54) is 20.0 Å². The number of hydrogen-bond acceptors (Lipinski definition) is 4. The minimum Gasteiger partial charge on any atom is -0.474 e. The average Bonchev–Trinajstić information content (AvgIpc) is 3.01. The van der Waals surface area contributed by atoms with Crippen molar-refractivity contribution in [3.05, 3.63) is 65.7 Å². The third-order valence-electron chi connectivity index (χ3n) is 6.18. The zero-order valence-electron chi connectivity index (χ0n) is 16.6. The molecule has 0 aromatic heterocycles. The first-order valence-corrected chi connectivity index (χ1v) is 10.2. The van der Waals surface area contributed by atoms with Crippen LogP contribution in [-0.2, 0) is 14.3 Å². The van der Waals surface area contributed by atoms with Gasteiger partial charge in [-0.1, -0.05) is 68.3 Å². The summed E-state index contributed by atoms with van der Waals surface area (Å²) in [5, 5.41) is 0. The molecule has 0 bridgehead atoms. The number of carbonyl (C=O) groups is 1. The minimum atomic E-state index is -1.00. The van der Waals surface area contributed by atoms with Crippen molar-refractivity contribution in [2.75, 3.05) is 20.3 Å². The Morgan fingerprint density at radius 2 is 1.79 bits per heavy atom. The second kappa shape index (κ2) is 7.96. The van der Waals surface area contributed by atoms with Crippen LogP contribution in [0.2, 0.25) is 0 Å². The molecule has 1 aliphatic carbocycles. The number of benzene rings is 2. The van der Waals surface area contributed by atoms with Gasteiger partial charge in [0.15, 0.2) is 0 Å². The predicted molar refractivity (Wildman–Crippen MR) is 108 cm³/mol. The quantitative estimate of drug-likeness (QED) is 0.492. The van der Waals surface area contributed by atoms with Crippen molar-refractivity contribution >= 4 is 5.97 Å². The molecule has 1 heterocycles. The Morgan fingerprint density at radius 3 is 2.54 bits per heavy atom. The number of carbonyl (C=O) groups excluding carboxylic acids is 1. The van der Waals surface area contributed by atoms with Gasteiger partial charge in [0.25, 0.3) is 0 Å². The van der Waals surface area contributed by atoms with Gasteiger partial charge in [0, 0.05) is 29.9 Å². The van der Waals surface area contributed by atoms with E-state index in [2.05, 4.69) is 25.1 Å². The monoisotopic (exact) mass is 380 g/mol. The van der Waals surface area contributed by atoms with Gasteiger partial charge < -0.3 is 14.2 Å². The first-order valence-electron chi connectivity index (χ1n) is 10.2. The number of hydrogen-bond donors (Lipinski definition) is 0. The van der Waals surface area contributed by atoms with Crippen LogP contribution in [-0.4, -0.2) is 31.9 Å². The molecule has 4 nitrogen and oxygen atoms in total. The van der Waals surface area contributed by atoms with E-state index in [4.69, 9.17) is 14.2 Å². The topological polar surface area (TPSA) is 44.8 Å². The van der Waals surface area contributed by atoms with Crippen LogP contribution in [0.1, 0.15) is 49.1 Å². The summed E-state index contributed by atoms with van der Waals surface area (Å²) in [6.45, 7) is 3.56. The van der Waals surface area contributed by atoms with Crippen molar-refractivity contribution in [2.45, 2.75) is 43.6 Å². The van der Waals surface area contributed by atoms with Crippen molar-refractivity contribution in [3.8, 4) is 5.75 Å². The molecule has 4 heteroatoms. The van der Waals surface area contributed by atoms with E-state index >= 15 is 0 Å². The highest BCUT2D eigenvalue weighted by Gasteiger charge is 2.73. The molecule has 28 heavy (non-hydrogen) atoms. The Bertz CT molecular complexity index is 818. The number of methoxy groups -OCH3 is 1. The Hall–Kier alpha value is -2.33. The van der Waals surface area contributed by atoms with Gasteiger partial charge in [-0.3, -0.25) is 0 Å². The number of para-hydroxylation sites is 1. The second-order valence-electron chi connectivity index (χ2n) is 7.74. The van der Waals surface area contributed by atoms with Gasteiger partial charge in [-0.05, 0) is 18.1 Å². The molecule has 0 unspecified atom stereocenters. The van der Waals surface area contributed by atoms with Crippen LogP contribution in [0, 0.1) is 5.92 Å². The van der Waals surface area contributed by atoms with E-state index in [-0.39, 0.29) is 23.7 Å². The molecule has 0 spiro atoms. The number of esters is 1. The summed E-state index contributed by atoms with van der Waals surface area (Å²) in [5.74, 6) is 0.515. The lowest BCUT2D eigenvalue weighted by Crippen LogP contribution is -2.66. The Morgan fingerprint density at radius 1 is 1.04 bits per heavy atom. The number of unbranched alkanes of at least 4 members (excludes halogenated alkanes) is 2. The molecule has 2 aromatic carbocycles. The summed E-state index contributed by atoms with van der Waals surface area (Å²) in [6, 6.07) is 18.1. The predicted octanol–water partition coefficient (Wildman–Crippen LogP) is 4.69. The first-order chi connectivity index (χ1) is 13.7. The Labute approximate surface area is 166 Å². The molecule has 1 saturated carbocycles. The van der Waals surface area contributed by atoms with E-state index in [1.54, 1.807) is 0 Å². The molecule has 2 aromatic rings. The standard InChI is InChI=1S/C24H28O4/c1-3-4-10-15-27-16-19-21(17-11-6-5-7-12-17)24(23(25)26-2)22(19)18-13-8-9-14-20(18)28-24/h5-9,11-14,19,21-22H,3-4,10,15-16H2,1-2H3/t19-,21-,22+,24-/m1/s1. The summed E-state index contributed by atoms with van der Waals surface area (Å²) in [6.07, 6.45) is 3.42. The fraction of sp³-hybridized carbons (Fsp3) is 0.458. The van der Waals surface area contributed by atoms with Gasteiger partial charge in [-0.2, -0.15) is 0 Å². The van der Waals surface area contributed by atoms with Crippen LogP contribution in [0.4, 0.5) is 0 Å². The molecule has 2 aliphatic rings. The average molecular weight is 380 g/mol. The van der Waals surface area contributed by atoms with Crippen molar-refractivity contribution in [3.63, 3.8) is 0 Å². The molecular weight excluding hydrogens is 352 g/mol. The fourth-order valence-electron chi connectivity index (χ4n) is 4.98. The summed E-state index contributed by atoms with van der Waals surface area (Å²) < 4.78 is 17.7. The smallest absolute Gasteiger partial charge is 0.351 e. The lowest BCUT2D eigenvalue weighted by Gasteiger charge is -2.54. The molecule has 4 atom stereocenters. The molecular formula is C24H28O4. The summed E-state index contributed by atoms with van der Waals surface area (Å²) in [7, 11) is 1.44. The van der Waals surface area contributed by atoms with E-state index in [0.717, 1.165) is 29.9 Å². The molecule has 0 N–H and O–H groups in total. The maximum Gasteiger partial charge on any atom is 0.351 e. The van der Waals surface area contributed by atoms with E-state index in [0.29, 0.717) is 6.61 Å². The molecule has 0 radical (unpaired) electrons. The van der Waals surface area contributed by atoms with Crippen molar-refractivity contribution in [1.29, 1.82) is 0 Å². The molecule has 1 aliphatic heterocycles. The molecule has 0 amide bonds. The summed E-state index contributed by atoms with van der Waals surface area (Å²) in [4.78, 5) is 13.0. The van der Waals surface area contributed by atoms with Crippen molar-refractivity contribution in [1.82, 2.24) is 0 Å². The third kappa shape index (κ3) is 2.91. The van der Waals surface area contributed by atoms with Crippen LogP contribution in [0.15, 0.2) is 54.6 Å².